The lowest BCUT2D eigenvalue weighted by Crippen LogP contribution is -2.56. The fourth-order valence-corrected chi connectivity index (χ4v) is 5.24. The fraction of sp³-hybridized carbons (Fsp3) is 0.304. The first-order chi connectivity index (χ1) is 15.7. The van der Waals surface area contributed by atoms with Crippen LogP contribution in [0.25, 0.3) is 0 Å². The fourth-order valence-electron chi connectivity index (χ4n) is 4.81. The lowest BCUT2D eigenvalue weighted by molar-refractivity contribution is -0.120. The topological polar surface area (TPSA) is 107 Å². The highest BCUT2D eigenvalue weighted by Crippen LogP contribution is 2.51. The zero-order valence-corrected chi connectivity index (χ0v) is 19.2. The van der Waals surface area contributed by atoms with Crippen LogP contribution in [0.3, 0.4) is 0 Å². The number of anilines is 2. The number of nitrogens with zero attached hydrogens (tertiary/aromatic N) is 4. The van der Waals surface area contributed by atoms with Crippen LogP contribution in [0.5, 0.6) is 11.5 Å². The third-order valence-electron chi connectivity index (χ3n) is 6.04. The molecule has 2 atom stereocenters. The molecule has 0 N–H and O–H groups in total. The summed E-state index contributed by atoms with van der Waals surface area (Å²) < 4.78 is 9.69. The SMILES string of the molecule is CC1CC2(CC(C)C(=O)N2c2ccc(OC#N)c(Cl)c2)N(c2ccc(OC#N)c(Cl)c2)C1=O. The molecule has 2 aromatic carbocycles. The van der Waals surface area contributed by atoms with Crippen LogP contribution in [-0.2, 0) is 9.59 Å². The second kappa shape index (κ2) is 8.47. The van der Waals surface area contributed by atoms with Gasteiger partial charge in [-0.1, -0.05) is 37.0 Å². The highest BCUT2D eigenvalue weighted by Gasteiger charge is 2.60. The van der Waals surface area contributed by atoms with Crippen LogP contribution in [0, 0.1) is 34.9 Å². The molecule has 0 aliphatic carbocycles. The third kappa shape index (κ3) is 3.62. The summed E-state index contributed by atoms with van der Waals surface area (Å²) in [4.78, 5) is 29.9. The van der Waals surface area contributed by atoms with Gasteiger partial charge < -0.3 is 9.47 Å². The Morgan fingerprint density at radius 3 is 1.58 bits per heavy atom. The molecule has 2 aromatic rings. The van der Waals surface area contributed by atoms with Crippen LogP contribution in [0.4, 0.5) is 11.4 Å². The minimum Gasteiger partial charge on any atom is -0.386 e. The number of rotatable bonds is 4. The molecule has 2 heterocycles. The number of nitriles is 2. The normalized spacial score (nSPS) is 24.2. The van der Waals surface area contributed by atoms with E-state index in [1.54, 1.807) is 46.6 Å². The average molecular weight is 485 g/mol. The predicted molar refractivity (Wildman–Crippen MR) is 121 cm³/mol. The average Bonchev–Trinajstić information content (AvgIpc) is 3.16. The summed E-state index contributed by atoms with van der Waals surface area (Å²) in [7, 11) is 0. The molecule has 0 saturated carbocycles. The van der Waals surface area contributed by atoms with Crippen molar-refractivity contribution >= 4 is 46.4 Å². The maximum absolute atomic E-state index is 13.4. The number of ether oxygens (including phenoxy) is 2. The van der Waals surface area contributed by atoms with Crippen molar-refractivity contribution < 1.29 is 19.1 Å². The zero-order valence-electron chi connectivity index (χ0n) is 17.7. The van der Waals surface area contributed by atoms with E-state index >= 15 is 0 Å². The van der Waals surface area contributed by atoms with E-state index in [-0.39, 0.29) is 45.2 Å². The molecule has 0 aromatic heterocycles. The number of carbonyl (C=O) groups excluding carboxylic acids is 2. The highest BCUT2D eigenvalue weighted by molar-refractivity contribution is 6.33. The Morgan fingerprint density at radius 2 is 1.24 bits per heavy atom. The van der Waals surface area contributed by atoms with Crippen molar-refractivity contribution in [2.75, 3.05) is 9.80 Å². The van der Waals surface area contributed by atoms with Gasteiger partial charge in [-0.05, 0) is 36.4 Å². The summed E-state index contributed by atoms with van der Waals surface area (Å²) in [6, 6.07) is 9.40. The molecule has 33 heavy (non-hydrogen) atoms. The second-order valence-corrected chi connectivity index (χ2v) is 8.97. The van der Waals surface area contributed by atoms with E-state index in [4.69, 9.17) is 43.2 Å². The van der Waals surface area contributed by atoms with Gasteiger partial charge in [0, 0.05) is 36.1 Å². The van der Waals surface area contributed by atoms with Gasteiger partial charge >= 0.3 is 0 Å². The van der Waals surface area contributed by atoms with Crippen LogP contribution in [0.15, 0.2) is 36.4 Å². The minimum absolute atomic E-state index is 0.151. The molecular weight excluding hydrogens is 467 g/mol. The van der Waals surface area contributed by atoms with Gasteiger partial charge in [0.05, 0.1) is 10.0 Å². The van der Waals surface area contributed by atoms with Gasteiger partial charge in [-0.15, -0.1) is 10.5 Å². The van der Waals surface area contributed by atoms with E-state index in [0.717, 1.165) is 0 Å². The molecule has 2 saturated heterocycles. The molecule has 4 rings (SSSR count). The maximum atomic E-state index is 13.4. The smallest absolute Gasteiger partial charge is 0.292 e. The molecule has 2 fully saturated rings. The molecule has 8 nitrogen and oxygen atoms in total. The Bertz CT molecular complexity index is 1140. The largest absolute Gasteiger partial charge is 0.386 e. The Labute approximate surface area is 200 Å². The van der Waals surface area contributed by atoms with E-state index in [0.29, 0.717) is 24.2 Å². The van der Waals surface area contributed by atoms with Crippen molar-refractivity contribution in [2.24, 2.45) is 11.8 Å². The van der Waals surface area contributed by atoms with E-state index in [9.17, 15) is 9.59 Å². The number of hydrogen-bond donors (Lipinski definition) is 0. The summed E-state index contributed by atoms with van der Waals surface area (Å²) in [5.41, 5.74) is -0.00126. The quantitative estimate of drug-likeness (QED) is 0.573. The van der Waals surface area contributed by atoms with Crippen molar-refractivity contribution in [3.63, 3.8) is 0 Å². The molecule has 0 bridgehead atoms. The van der Waals surface area contributed by atoms with E-state index < -0.39 is 5.66 Å². The van der Waals surface area contributed by atoms with Crippen LogP contribution in [0.1, 0.15) is 26.7 Å². The van der Waals surface area contributed by atoms with Gasteiger partial charge in [-0.2, -0.15) is 0 Å². The summed E-state index contributed by atoms with van der Waals surface area (Å²) in [6.07, 6.45) is 3.97. The predicted octanol–water partition coefficient (Wildman–Crippen LogP) is 4.86. The Balaban J connectivity index is 1.85. The summed E-state index contributed by atoms with van der Waals surface area (Å²) in [5, 5.41) is 17.9. The van der Waals surface area contributed by atoms with E-state index in [2.05, 4.69) is 0 Å². The number of hydrogen-bond acceptors (Lipinski definition) is 6. The molecular formula is C23H18Cl2N4O4. The maximum Gasteiger partial charge on any atom is 0.292 e. The van der Waals surface area contributed by atoms with Crippen molar-refractivity contribution in [2.45, 2.75) is 32.4 Å². The number of amides is 2. The van der Waals surface area contributed by atoms with Crippen molar-refractivity contribution in [1.29, 1.82) is 10.5 Å². The minimum atomic E-state index is -0.977. The first-order valence-corrected chi connectivity index (χ1v) is 10.9. The third-order valence-corrected chi connectivity index (χ3v) is 6.63. The standard InChI is InChI=1S/C23H18Cl2N4O4/c1-13-9-23(28(21(13)30)15-3-5-19(32-11-26)17(24)7-15)10-14(2)22(31)29(23)16-4-6-20(33-12-27)18(25)8-16/h3-8,13-14H,9-10H2,1-2H3. The molecule has 0 radical (unpaired) electrons. The van der Waals surface area contributed by atoms with Crippen LogP contribution < -0.4 is 19.3 Å². The molecule has 2 amide bonds. The summed E-state index contributed by atoms with van der Waals surface area (Å²) in [6.45, 7) is 3.64. The molecule has 2 aliphatic rings. The second-order valence-electron chi connectivity index (χ2n) is 8.16. The van der Waals surface area contributed by atoms with Crippen LogP contribution >= 0.6 is 23.2 Å². The molecule has 10 heteroatoms. The Hall–Kier alpha value is -3.46. The van der Waals surface area contributed by atoms with Gasteiger partial charge in [0.2, 0.25) is 11.8 Å². The van der Waals surface area contributed by atoms with E-state index in [1.165, 1.54) is 12.1 Å². The summed E-state index contributed by atoms with van der Waals surface area (Å²) >= 11 is 12.6. The zero-order chi connectivity index (χ0) is 23.9. The monoisotopic (exact) mass is 484 g/mol. The molecule has 168 valence electrons. The first kappa shape index (κ1) is 22.7. The van der Waals surface area contributed by atoms with Gasteiger partial charge in [0.25, 0.3) is 12.5 Å². The van der Waals surface area contributed by atoms with Gasteiger partial charge in [0.1, 0.15) is 5.66 Å². The van der Waals surface area contributed by atoms with Gasteiger partial charge in [0.15, 0.2) is 11.5 Å². The molecule has 2 aliphatic heterocycles. The van der Waals surface area contributed by atoms with Crippen molar-refractivity contribution in [3.8, 4) is 24.0 Å². The van der Waals surface area contributed by atoms with Crippen molar-refractivity contribution in [1.82, 2.24) is 0 Å². The Kier molecular flexibility index (Phi) is 5.84. The molecule has 1 spiro atoms. The molecule has 2 unspecified atom stereocenters. The lowest BCUT2D eigenvalue weighted by Gasteiger charge is -2.42. The number of halogens is 2. The first-order valence-electron chi connectivity index (χ1n) is 10.1. The highest BCUT2D eigenvalue weighted by atomic mass is 35.5. The van der Waals surface area contributed by atoms with Gasteiger partial charge in [-0.3, -0.25) is 19.4 Å². The Morgan fingerprint density at radius 1 is 0.848 bits per heavy atom. The van der Waals surface area contributed by atoms with E-state index in [1.807, 2.05) is 13.8 Å². The van der Waals surface area contributed by atoms with Crippen molar-refractivity contribution in [3.05, 3.63) is 46.4 Å². The lowest BCUT2D eigenvalue weighted by atomic mass is 9.95. The van der Waals surface area contributed by atoms with Gasteiger partial charge in [-0.25, -0.2) is 0 Å². The number of carbonyl (C=O) groups is 2. The van der Waals surface area contributed by atoms with Crippen LogP contribution in [0.2, 0.25) is 10.0 Å². The number of benzene rings is 2. The van der Waals surface area contributed by atoms with Crippen LogP contribution in [-0.4, -0.2) is 17.5 Å². The summed E-state index contributed by atoms with van der Waals surface area (Å²) in [5.74, 6) is -0.662.